The highest BCUT2D eigenvalue weighted by molar-refractivity contribution is 5.07. The summed E-state index contributed by atoms with van der Waals surface area (Å²) in [6, 6.07) is 0.984. The largest absolute Gasteiger partial charge is 0.467 e. The lowest BCUT2D eigenvalue weighted by molar-refractivity contribution is 0.117. The van der Waals surface area contributed by atoms with Crippen LogP contribution in [-0.2, 0) is 6.54 Å². The molecule has 5 heteroatoms. The summed E-state index contributed by atoms with van der Waals surface area (Å²) in [5.41, 5.74) is 1.07. The lowest BCUT2D eigenvalue weighted by Gasteiger charge is -2.33. The molecule has 19 heavy (non-hydrogen) atoms. The van der Waals surface area contributed by atoms with Crippen LogP contribution in [0.15, 0.2) is 12.4 Å². The molecule has 2 rings (SSSR count). The molecule has 0 saturated heterocycles. The molecule has 1 saturated carbocycles. The van der Waals surface area contributed by atoms with Crippen molar-refractivity contribution < 1.29 is 9.84 Å². The summed E-state index contributed by atoms with van der Waals surface area (Å²) in [7, 11) is 1.56. The van der Waals surface area contributed by atoms with Gasteiger partial charge >= 0.3 is 6.01 Å². The topological polar surface area (TPSA) is 58.5 Å². The van der Waals surface area contributed by atoms with E-state index in [0.29, 0.717) is 12.1 Å². The quantitative estimate of drug-likeness (QED) is 0.847. The molecule has 1 aliphatic rings. The van der Waals surface area contributed by atoms with Crippen LogP contribution in [0.4, 0.5) is 0 Å². The fraction of sp³-hybridized carbons (Fsp3) is 0.714. The number of aromatic nitrogens is 2. The molecule has 106 valence electrons. The normalized spacial score (nSPS) is 16.8. The van der Waals surface area contributed by atoms with E-state index in [0.717, 1.165) is 18.7 Å². The van der Waals surface area contributed by atoms with Gasteiger partial charge in [-0.3, -0.25) is 4.90 Å². The fourth-order valence-corrected chi connectivity index (χ4v) is 2.73. The maximum Gasteiger partial charge on any atom is 0.316 e. The van der Waals surface area contributed by atoms with Gasteiger partial charge in [0.2, 0.25) is 0 Å². The lowest BCUT2D eigenvalue weighted by atomic mass is 9.94. The molecule has 1 aromatic heterocycles. The molecule has 0 unspecified atom stereocenters. The van der Waals surface area contributed by atoms with Crippen LogP contribution in [0.5, 0.6) is 6.01 Å². The van der Waals surface area contributed by atoms with Gasteiger partial charge < -0.3 is 9.84 Å². The number of hydrogen-bond acceptors (Lipinski definition) is 5. The minimum Gasteiger partial charge on any atom is -0.467 e. The summed E-state index contributed by atoms with van der Waals surface area (Å²) < 4.78 is 4.96. The van der Waals surface area contributed by atoms with Crippen molar-refractivity contribution in [3.05, 3.63) is 18.0 Å². The summed E-state index contributed by atoms with van der Waals surface area (Å²) in [6.45, 7) is 1.72. The van der Waals surface area contributed by atoms with Crippen molar-refractivity contribution in [2.24, 2.45) is 0 Å². The Morgan fingerprint density at radius 2 is 1.95 bits per heavy atom. The standard InChI is InChI=1S/C14H23N3O2/c1-19-14-15-9-12(10-16-14)11-17(7-8-18)13-5-3-2-4-6-13/h9-10,13,18H,2-8,11H2,1H3. The molecule has 0 amide bonds. The predicted octanol–water partition coefficient (Wildman–Crippen LogP) is 1.61. The highest BCUT2D eigenvalue weighted by atomic mass is 16.5. The number of ether oxygens (including phenoxy) is 1. The molecule has 1 fully saturated rings. The fourth-order valence-electron chi connectivity index (χ4n) is 2.73. The second kappa shape index (κ2) is 7.40. The van der Waals surface area contributed by atoms with Crippen LogP contribution >= 0.6 is 0 Å². The van der Waals surface area contributed by atoms with Crippen LogP contribution in [0.25, 0.3) is 0 Å². The molecule has 1 aromatic rings. The Bertz CT molecular complexity index is 363. The van der Waals surface area contributed by atoms with E-state index in [-0.39, 0.29) is 6.61 Å². The third kappa shape index (κ3) is 4.14. The van der Waals surface area contributed by atoms with E-state index in [4.69, 9.17) is 4.74 Å². The van der Waals surface area contributed by atoms with E-state index in [1.807, 2.05) is 0 Å². The van der Waals surface area contributed by atoms with Crippen molar-refractivity contribution in [3.63, 3.8) is 0 Å². The third-order valence-electron chi connectivity index (χ3n) is 3.73. The monoisotopic (exact) mass is 265 g/mol. The number of aliphatic hydroxyl groups excluding tert-OH is 1. The molecule has 0 aliphatic heterocycles. The van der Waals surface area contributed by atoms with Gasteiger partial charge in [0, 0.05) is 37.1 Å². The minimum absolute atomic E-state index is 0.202. The average molecular weight is 265 g/mol. The second-order valence-corrected chi connectivity index (χ2v) is 5.06. The van der Waals surface area contributed by atoms with Gasteiger partial charge in [0.1, 0.15) is 0 Å². The average Bonchev–Trinajstić information content (AvgIpc) is 2.48. The summed E-state index contributed by atoms with van der Waals surface area (Å²) in [6.07, 6.45) is 10.0. The van der Waals surface area contributed by atoms with Crippen LogP contribution in [0.3, 0.4) is 0 Å². The van der Waals surface area contributed by atoms with Crippen molar-refractivity contribution in [1.29, 1.82) is 0 Å². The van der Waals surface area contributed by atoms with Crippen LogP contribution in [0.1, 0.15) is 37.7 Å². The van der Waals surface area contributed by atoms with Gasteiger partial charge in [-0.25, -0.2) is 9.97 Å². The summed E-state index contributed by atoms with van der Waals surface area (Å²) >= 11 is 0. The molecule has 0 radical (unpaired) electrons. The summed E-state index contributed by atoms with van der Waals surface area (Å²) in [4.78, 5) is 10.6. The van der Waals surface area contributed by atoms with Crippen LogP contribution in [0, 0.1) is 0 Å². The van der Waals surface area contributed by atoms with Gasteiger partial charge in [0.05, 0.1) is 13.7 Å². The Morgan fingerprint density at radius 3 is 2.53 bits per heavy atom. The van der Waals surface area contributed by atoms with Gasteiger partial charge in [-0.15, -0.1) is 0 Å². The molecule has 1 aliphatic carbocycles. The lowest BCUT2D eigenvalue weighted by Crippen LogP contribution is -2.38. The maximum atomic E-state index is 9.23. The van der Waals surface area contributed by atoms with E-state index < -0.39 is 0 Å². The zero-order valence-electron chi connectivity index (χ0n) is 11.6. The Labute approximate surface area is 114 Å². The number of methoxy groups -OCH3 is 1. The van der Waals surface area contributed by atoms with Crippen LogP contribution < -0.4 is 4.74 Å². The number of hydrogen-bond donors (Lipinski definition) is 1. The van der Waals surface area contributed by atoms with E-state index >= 15 is 0 Å². The van der Waals surface area contributed by atoms with Crippen molar-refractivity contribution in [1.82, 2.24) is 14.9 Å². The molecule has 1 N–H and O–H groups in total. The first-order chi connectivity index (χ1) is 9.33. The minimum atomic E-state index is 0.202. The highest BCUT2D eigenvalue weighted by Crippen LogP contribution is 2.23. The Balaban J connectivity index is 1.97. The first-order valence-electron chi connectivity index (χ1n) is 7.03. The Hall–Kier alpha value is -1.20. The number of aliphatic hydroxyl groups is 1. The number of nitrogens with zero attached hydrogens (tertiary/aromatic N) is 3. The first kappa shape index (κ1) is 14.2. The van der Waals surface area contributed by atoms with Crippen molar-refractivity contribution in [2.75, 3.05) is 20.3 Å². The second-order valence-electron chi connectivity index (χ2n) is 5.06. The molecular formula is C14H23N3O2. The Kier molecular flexibility index (Phi) is 5.54. The number of rotatable bonds is 6. The zero-order chi connectivity index (χ0) is 13.5. The maximum absolute atomic E-state index is 9.23. The SMILES string of the molecule is COc1ncc(CN(CCO)C2CCCCC2)cn1. The molecule has 1 heterocycles. The molecule has 0 spiro atoms. The Morgan fingerprint density at radius 1 is 1.26 bits per heavy atom. The van der Waals surface area contributed by atoms with Crippen molar-refractivity contribution >= 4 is 0 Å². The first-order valence-corrected chi connectivity index (χ1v) is 7.03. The summed E-state index contributed by atoms with van der Waals surface area (Å²) in [5, 5.41) is 9.23. The molecular weight excluding hydrogens is 242 g/mol. The van der Waals surface area contributed by atoms with Gasteiger partial charge in [0.25, 0.3) is 0 Å². The molecule has 0 atom stereocenters. The van der Waals surface area contributed by atoms with E-state index in [1.54, 1.807) is 19.5 Å². The predicted molar refractivity (Wildman–Crippen MR) is 73.0 cm³/mol. The van der Waals surface area contributed by atoms with E-state index in [2.05, 4.69) is 14.9 Å². The van der Waals surface area contributed by atoms with E-state index in [9.17, 15) is 5.11 Å². The molecule has 0 bridgehead atoms. The van der Waals surface area contributed by atoms with Gasteiger partial charge in [-0.05, 0) is 12.8 Å². The van der Waals surface area contributed by atoms with Crippen LogP contribution in [-0.4, -0.2) is 46.3 Å². The van der Waals surface area contributed by atoms with Gasteiger partial charge in [-0.2, -0.15) is 0 Å². The molecule has 0 aromatic carbocycles. The third-order valence-corrected chi connectivity index (χ3v) is 3.73. The van der Waals surface area contributed by atoms with Crippen molar-refractivity contribution in [2.45, 2.75) is 44.7 Å². The molecule has 5 nitrogen and oxygen atoms in total. The summed E-state index contributed by atoms with van der Waals surface area (Å²) in [5.74, 6) is 0. The van der Waals surface area contributed by atoms with Crippen molar-refractivity contribution in [3.8, 4) is 6.01 Å². The van der Waals surface area contributed by atoms with Gasteiger partial charge in [0.15, 0.2) is 0 Å². The van der Waals surface area contributed by atoms with E-state index in [1.165, 1.54) is 32.1 Å². The van der Waals surface area contributed by atoms with Crippen LogP contribution in [0.2, 0.25) is 0 Å². The van der Waals surface area contributed by atoms with Gasteiger partial charge in [-0.1, -0.05) is 19.3 Å². The zero-order valence-corrected chi connectivity index (χ0v) is 11.6. The highest BCUT2D eigenvalue weighted by Gasteiger charge is 2.20. The smallest absolute Gasteiger partial charge is 0.316 e.